The van der Waals surface area contributed by atoms with Gasteiger partial charge in [0.2, 0.25) is 6.79 Å². The lowest BCUT2D eigenvalue weighted by Gasteiger charge is -2.03. The van der Waals surface area contributed by atoms with Gasteiger partial charge >= 0.3 is 0 Å². The summed E-state index contributed by atoms with van der Waals surface area (Å²) in [5.74, 6) is 2.20. The molecule has 0 unspecified atom stereocenters. The number of hydrogen-bond donors (Lipinski definition) is 0. The molecule has 0 saturated carbocycles. The van der Waals surface area contributed by atoms with Crippen LogP contribution in [-0.4, -0.2) is 13.9 Å². The van der Waals surface area contributed by atoms with Gasteiger partial charge in [0.05, 0.1) is 18.8 Å². The molecule has 0 amide bonds. The zero-order valence-electron chi connectivity index (χ0n) is 11.5. The molecule has 104 valence electrons. The van der Waals surface area contributed by atoms with Crippen LogP contribution in [0.15, 0.2) is 42.5 Å². The molecule has 0 bridgehead atoms. The Morgan fingerprint density at radius 2 is 1.90 bits per heavy atom. The molecule has 0 radical (unpaired) electrons. The minimum absolute atomic E-state index is 0.242. The predicted octanol–water partition coefficient (Wildman–Crippen LogP) is 3.49. The quantitative estimate of drug-likeness (QED) is 0.637. The van der Waals surface area contributed by atoms with Gasteiger partial charge in [-0.1, -0.05) is 6.07 Å². The maximum Gasteiger partial charge on any atom is 0.231 e. The molecule has 0 spiro atoms. The Labute approximate surface area is 122 Å². The number of nitrogens with zero attached hydrogens (tertiary/aromatic N) is 1. The summed E-state index contributed by atoms with van der Waals surface area (Å²) in [4.78, 5) is 0. The van der Waals surface area contributed by atoms with Crippen LogP contribution < -0.4 is 14.2 Å². The van der Waals surface area contributed by atoms with Gasteiger partial charge in [-0.2, -0.15) is 5.26 Å². The highest BCUT2D eigenvalue weighted by Crippen LogP contribution is 2.33. The van der Waals surface area contributed by atoms with Gasteiger partial charge in [-0.05, 0) is 53.6 Å². The smallest absolute Gasteiger partial charge is 0.231 e. The fraction of sp³-hybridized carbons (Fsp3) is 0.118. The van der Waals surface area contributed by atoms with E-state index in [1.165, 1.54) is 0 Å². The van der Waals surface area contributed by atoms with Crippen molar-refractivity contribution in [2.24, 2.45) is 0 Å². The summed E-state index contributed by atoms with van der Waals surface area (Å²) in [5.41, 5.74) is 2.32. The van der Waals surface area contributed by atoms with E-state index in [1.807, 2.05) is 48.5 Å². The monoisotopic (exact) mass is 279 g/mol. The van der Waals surface area contributed by atoms with Gasteiger partial charge in [0, 0.05) is 0 Å². The molecule has 1 heterocycles. The van der Waals surface area contributed by atoms with Crippen LogP contribution in [0.5, 0.6) is 17.2 Å². The molecule has 0 fully saturated rings. The summed E-state index contributed by atoms with van der Waals surface area (Å²) >= 11 is 0. The molecule has 1 aliphatic heterocycles. The van der Waals surface area contributed by atoms with E-state index in [0.29, 0.717) is 11.3 Å². The van der Waals surface area contributed by atoms with Gasteiger partial charge in [-0.3, -0.25) is 0 Å². The van der Waals surface area contributed by atoms with Crippen molar-refractivity contribution in [2.75, 3.05) is 13.9 Å². The Morgan fingerprint density at radius 1 is 1.14 bits per heavy atom. The summed E-state index contributed by atoms with van der Waals surface area (Å²) in [6.45, 7) is 0.242. The minimum atomic E-state index is 0.242. The molecule has 2 aromatic rings. The van der Waals surface area contributed by atoms with E-state index in [4.69, 9.17) is 14.2 Å². The summed E-state index contributed by atoms with van der Waals surface area (Å²) < 4.78 is 15.7. The van der Waals surface area contributed by atoms with Gasteiger partial charge in [0.1, 0.15) is 5.75 Å². The number of fused-ring (bicyclic) bond motifs is 1. The van der Waals surface area contributed by atoms with Crippen molar-refractivity contribution in [3.8, 4) is 23.3 Å². The zero-order chi connectivity index (χ0) is 14.7. The van der Waals surface area contributed by atoms with Crippen molar-refractivity contribution < 1.29 is 14.2 Å². The summed E-state index contributed by atoms with van der Waals surface area (Å²) in [5, 5.41) is 9.36. The average Bonchev–Trinajstić information content (AvgIpc) is 3.00. The molecule has 4 nitrogen and oxygen atoms in total. The molecule has 0 atom stereocenters. The first-order valence-corrected chi connectivity index (χ1v) is 6.46. The highest BCUT2D eigenvalue weighted by molar-refractivity contribution is 5.90. The van der Waals surface area contributed by atoms with Crippen LogP contribution in [0.2, 0.25) is 0 Å². The third-order valence-corrected chi connectivity index (χ3v) is 3.23. The first-order chi connectivity index (χ1) is 10.3. The van der Waals surface area contributed by atoms with Crippen molar-refractivity contribution >= 4 is 11.6 Å². The Kier molecular flexibility index (Phi) is 3.48. The molecule has 4 heteroatoms. The minimum Gasteiger partial charge on any atom is -0.497 e. The highest BCUT2D eigenvalue weighted by atomic mass is 16.7. The number of methoxy groups -OCH3 is 1. The molecule has 0 aliphatic carbocycles. The summed E-state index contributed by atoms with van der Waals surface area (Å²) in [7, 11) is 1.61. The Balaban J connectivity index is 1.93. The number of ether oxygens (including phenoxy) is 3. The third-order valence-electron chi connectivity index (χ3n) is 3.23. The lowest BCUT2D eigenvalue weighted by atomic mass is 10.0. The SMILES string of the molecule is COc1ccc(/C(C#N)=C/c2ccc3c(c2)OCO3)cc1. The number of hydrogen-bond acceptors (Lipinski definition) is 4. The van der Waals surface area contributed by atoms with Crippen molar-refractivity contribution in [1.82, 2.24) is 0 Å². The normalized spacial score (nSPS) is 12.9. The molecule has 2 aromatic carbocycles. The van der Waals surface area contributed by atoms with Crippen molar-refractivity contribution in [2.45, 2.75) is 0 Å². The molecular weight excluding hydrogens is 266 g/mol. The Hall–Kier alpha value is -2.93. The fourth-order valence-corrected chi connectivity index (χ4v) is 2.12. The fourth-order valence-electron chi connectivity index (χ4n) is 2.12. The first kappa shape index (κ1) is 13.1. The van der Waals surface area contributed by atoms with Crippen LogP contribution in [-0.2, 0) is 0 Å². The van der Waals surface area contributed by atoms with Crippen molar-refractivity contribution in [1.29, 1.82) is 5.26 Å². The number of rotatable bonds is 3. The number of benzene rings is 2. The second kappa shape index (κ2) is 5.59. The molecule has 0 aromatic heterocycles. The van der Waals surface area contributed by atoms with Crippen molar-refractivity contribution in [3.63, 3.8) is 0 Å². The first-order valence-electron chi connectivity index (χ1n) is 6.46. The molecular formula is C17H13NO3. The van der Waals surface area contributed by atoms with Crippen LogP contribution in [0.1, 0.15) is 11.1 Å². The van der Waals surface area contributed by atoms with Crippen LogP contribution in [0.25, 0.3) is 11.6 Å². The summed E-state index contributed by atoms with van der Waals surface area (Å²) in [6.07, 6.45) is 1.82. The topological polar surface area (TPSA) is 51.5 Å². The third kappa shape index (κ3) is 2.67. The van der Waals surface area contributed by atoms with Gasteiger partial charge in [0.15, 0.2) is 11.5 Å². The van der Waals surface area contributed by atoms with Gasteiger partial charge in [-0.25, -0.2) is 0 Å². The lowest BCUT2D eigenvalue weighted by Crippen LogP contribution is -1.92. The molecule has 1 aliphatic rings. The van der Waals surface area contributed by atoms with Gasteiger partial charge in [0.25, 0.3) is 0 Å². The van der Waals surface area contributed by atoms with Gasteiger partial charge < -0.3 is 14.2 Å². The number of allylic oxidation sites excluding steroid dienone is 1. The Bertz CT molecular complexity index is 727. The van der Waals surface area contributed by atoms with Crippen LogP contribution >= 0.6 is 0 Å². The van der Waals surface area contributed by atoms with E-state index < -0.39 is 0 Å². The van der Waals surface area contributed by atoms with E-state index in [1.54, 1.807) is 7.11 Å². The van der Waals surface area contributed by atoms with E-state index in [-0.39, 0.29) is 6.79 Å². The number of nitriles is 1. The van der Waals surface area contributed by atoms with E-state index >= 15 is 0 Å². The average molecular weight is 279 g/mol. The van der Waals surface area contributed by atoms with Crippen LogP contribution in [0.4, 0.5) is 0 Å². The van der Waals surface area contributed by atoms with Crippen LogP contribution in [0, 0.1) is 11.3 Å². The molecule has 3 rings (SSSR count). The highest BCUT2D eigenvalue weighted by Gasteiger charge is 2.13. The van der Waals surface area contributed by atoms with E-state index in [2.05, 4.69) is 6.07 Å². The molecule has 0 saturated heterocycles. The predicted molar refractivity (Wildman–Crippen MR) is 79.0 cm³/mol. The maximum atomic E-state index is 9.36. The maximum absolute atomic E-state index is 9.36. The van der Waals surface area contributed by atoms with Gasteiger partial charge in [-0.15, -0.1) is 0 Å². The van der Waals surface area contributed by atoms with Crippen LogP contribution in [0.3, 0.4) is 0 Å². The largest absolute Gasteiger partial charge is 0.497 e. The van der Waals surface area contributed by atoms with E-state index in [0.717, 1.165) is 22.6 Å². The van der Waals surface area contributed by atoms with E-state index in [9.17, 15) is 5.26 Å². The summed E-state index contributed by atoms with van der Waals surface area (Å²) in [6, 6.07) is 15.2. The zero-order valence-corrected chi connectivity index (χ0v) is 11.5. The molecule has 0 N–H and O–H groups in total. The molecule has 21 heavy (non-hydrogen) atoms. The lowest BCUT2D eigenvalue weighted by molar-refractivity contribution is 0.174. The second-order valence-corrected chi connectivity index (χ2v) is 4.51. The second-order valence-electron chi connectivity index (χ2n) is 4.51. The Morgan fingerprint density at radius 3 is 2.62 bits per heavy atom. The standard InChI is InChI=1S/C17H13NO3/c1-19-15-5-3-13(4-6-15)14(10-18)8-12-2-7-16-17(9-12)21-11-20-16/h2-9H,11H2,1H3/b14-8+. The van der Waals surface area contributed by atoms with Crippen molar-refractivity contribution in [3.05, 3.63) is 53.6 Å².